The van der Waals surface area contributed by atoms with Crippen molar-refractivity contribution in [3.8, 4) is 11.8 Å². The van der Waals surface area contributed by atoms with Gasteiger partial charge in [-0.3, -0.25) is 9.80 Å². The lowest BCUT2D eigenvalue weighted by molar-refractivity contribution is 0.0443. The van der Waals surface area contributed by atoms with Crippen molar-refractivity contribution >= 4 is 0 Å². The van der Waals surface area contributed by atoms with Gasteiger partial charge >= 0.3 is 0 Å². The molecule has 1 heterocycles. The highest BCUT2D eigenvalue weighted by Crippen LogP contribution is 2.23. The normalized spacial score (nSPS) is 16.7. The van der Waals surface area contributed by atoms with Crippen LogP contribution in [0.2, 0.25) is 0 Å². The molecule has 0 spiro atoms. The summed E-state index contributed by atoms with van der Waals surface area (Å²) in [6.45, 7) is 13.4. The predicted octanol–water partition coefficient (Wildman–Crippen LogP) is 2.80. The van der Waals surface area contributed by atoms with Crippen molar-refractivity contribution in [3.05, 3.63) is 47.5 Å². The van der Waals surface area contributed by atoms with Crippen molar-refractivity contribution in [2.45, 2.75) is 19.9 Å². The van der Waals surface area contributed by atoms with Crippen molar-refractivity contribution in [3.63, 3.8) is 0 Å². The van der Waals surface area contributed by atoms with Crippen molar-refractivity contribution < 1.29 is 4.74 Å². The molecule has 3 nitrogen and oxygen atoms in total. The molecule has 1 saturated heterocycles. The SMILES string of the molecule is C=CCN(C)C(C#CCN1CCOCC1)c1ccc(C)cc1C. The van der Waals surface area contributed by atoms with E-state index < -0.39 is 0 Å². The van der Waals surface area contributed by atoms with Gasteiger partial charge in [0.25, 0.3) is 0 Å². The molecule has 1 aliphatic rings. The zero-order chi connectivity index (χ0) is 16.7. The van der Waals surface area contributed by atoms with Crippen LogP contribution in [-0.2, 0) is 4.74 Å². The molecule has 0 aliphatic carbocycles. The molecule has 0 N–H and O–H groups in total. The largest absolute Gasteiger partial charge is 0.379 e. The molecule has 2 rings (SSSR count). The predicted molar refractivity (Wildman–Crippen MR) is 96.5 cm³/mol. The Morgan fingerprint density at radius 2 is 2.09 bits per heavy atom. The van der Waals surface area contributed by atoms with Gasteiger partial charge in [0, 0.05) is 19.6 Å². The molecule has 23 heavy (non-hydrogen) atoms. The van der Waals surface area contributed by atoms with Gasteiger partial charge in [-0.1, -0.05) is 41.7 Å². The highest BCUT2D eigenvalue weighted by molar-refractivity contribution is 5.37. The molecule has 1 aromatic carbocycles. The van der Waals surface area contributed by atoms with E-state index in [4.69, 9.17) is 4.74 Å². The molecule has 1 fully saturated rings. The lowest BCUT2D eigenvalue weighted by atomic mass is 9.98. The summed E-state index contributed by atoms with van der Waals surface area (Å²) >= 11 is 0. The van der Waals surface area contributed by atoms with Crippen LogP contribution in [0, 0.1) is 25.7 Å². The Labute approximate surface area is 140 Å². The molecule has 0 radical (unpaired) electrons. The molecular formula is C20H28N2O. The van der Waals surface area contributed by atoms with Crippen LogP contribution in [0.3, 0.4) is 0 Å². The van der Waals surface area contributed by atoms with Gasteiger partial charge in [0.2, 0.25) is 0 Å². The van der Waals surface area contributed by atoms with Crippen LogP contribution in [0.15, 0.2) is 30.9 Å². The van der Waals surface area contributed by atoms with E-state index in [1.54, 1.807) is 0 Å². The summed E-state index contributed by atoms with van der Waals surface area (Å²) < 4.78 is 5.38. The number of rotatable bonds is 5. The Bertz CT molecular complexity index is 579. The third-order valence-electron chi connectivity index (χ3n) is 4.22. The standard InChI is InChI=1S/C20H28N2O/c1-5-10-21(4)20(19-9-8-17(2)16-18(19)3)7-6-11-22-12-14-23-15-13-22/h5,8-9,16,20H,1,10-15H2,2-4H3. The lowest BCUT2D eigenvalue weighted by Crippen LogP contribution is -2.36. The Morgan fingerprint density at radius 1 is 1.35 bits per heavy atom. The fraction of sp³-hybridized carbons (Fsp3) is 0.500. The van der Waals surface area contributed by atoms with Gasteiger partial charge in [0.1, 0.15) is 0 Å². The fourth-order valence-electron chi connectivity index (χ4n) is 2.88. The minimum absolute atomic E-state index is 0.106. The Kier molecular flexibility index (Phi) is 6.85. The fourth-order valence-corrected chi connectivity index (χ4v) is 2.88. The number of benzene rings is 1. The highest BCUT2D eigenvalue weighted by atomic mass is 16.5. The second-order valence-electron chi connectivity index (χ2n) is 6.20. The van der Waals surface area contributed by atoms with Gasteiger partial charge in [0.05, 0.1) is 25.8 Å². The Hall–Kier alpha value is -1.60. The van der Waals surface area contributed by atoms with E-state index in [-0.39, 0.29) is 6.04 Å². The topological polar surface area (TPSA) is 15.7 Å². The summed E-state index contributed by atoms with van der Waals surface area (Å²) in [4.78, 5) is 4.60. The monoisotopic (exact) mass is 312 g/mol. The molecule has 1 aliphatic heterocycles. The number of likely N-dealkylation sites (N-methyl/N-ethyl adjacent to an activating group) is 1. The first-order valence-corrected chi connectivity index (χ1v) is 8.28. The van der Waals surface area contributed by atoms with Crippen LogP contribution >= 0.6 is 0 Å². The molecule has 0 saturated carbocycles. The van der Waals surface area contributed by atoms with E-state index in [1.165, 1.54) is 16.7 Å². The van der Waals surface area contributed by atoms with Crippen molar-refractivity contribution in [1.82, 2.24) is 9.80 Å². The van der Waals surface area contributed by atoms with Crippen LogP contribution in [0.1, 0.15) is 22.7 Å². The lowest BCUT2D eigenvalue weighted by Gasteiger charge is -2.26. The zero-order valence-corrected chi connectivity index (χ0v) is 14.6. The molecular weight excluding hydrogens is 284 g/mol. The van der Waals surface area contributed by atoms with E-state index in [2.05, 4.69) is 67.3 Å². The van der Waals surface area contributed by atoms with E-state index in [0.717, 1.165) is 39.4 Å². The second kappa shape index (κ2) is 8.88. The molecule has 124 valence electrons. The smallest absolute Gasteiger partial charge is 0.0974 e. The first kappa shape index (κ1) is 17.7. The summed E-state index contributed by atoms with van der Waals surface area (Å²) in [5.41, 5.74) is 3.87. The second-order valence-corrected chi connectivity index (χ2v) is 6.20. The first-order chi connectivity index (χ1) is 11.1. The maximum Gasteiger partial charge on any atom is 0.0974 e. The number of morpholine rings is 1. The molecule has 1 unspecified atom stereocenters. The van der Waals surface area contributed by atoms with E-state index >= 15 is 0 Å². The first-order valence-electron chi connectivity index (χ1n) is 8.28. The average molecular weight is 312 g/mol. The van der Waals surface area contributed by atoms with Crippen LogP contribution in [-0.4, -0.2) is 56.2 Å². The summed E-state index contributed by atoms with van der Waals surface area (Å²) in [5, 5.41) is 0. The number of hydrogen-bond donors (Lipinski definition) is 0. The van der Waals surface area contributed by atoms with Gasteiger partial charge in [0.15, 0.2) is 0 Å². The minimum Gasteiger partial charge on any atom is -0.379 e. The van der Waals surface area contributed by atoms with Crippen molar-refractivity contribution in [2.75, 3.05) is 46.4 Å². The van der Waals surface area contributed by atoms with Crippen LogP contribution in [0.5, 0.6) is 0 Å². The minimum atomic E-state index is 0.106. The van der Waals surface area contributed by atoms with Crippen molar-refractivity contribution in [2.24, 2.45) is 0 Å². The zero-order valence-electron chi connectivity index (χ0n) is 14.6. The molecule has 1 aromatic rings. The van der Waals surface area contributed by atoms with Gasteiger partial charge in [-0.05, 0) is 32.0 Å². The highest BCUT2D eigenvalue weighted by Gasteiger charge is 2.16. The molecule has 3 heteroatoms. The van der Waals surface area contributed by atoms with Crippen LogP contribution in [0.25, 0.3) is 0 Å². The van der Waals surface area contributed by atoms with E-state index in [1.807, 2.05) is 6.08 Å². The van der Waals surface area contributed by atoms with Gasteiger partial charge in [-0.15, -0.1) is 6.58 Å². The van der Waals surface area contributed by atoms with Gasteiger partial charge < -0.3 is 4.74 Å². The molecule has 1 atom stereocenters. The summed E-state index contributed by atoms with van der Waals surface area (Å²) in [5.74, 6) is 6.85. The van der Waals surface area contributed by atoms with E-state index in [0.29, 0.717) is 0 Å². The van der Waals surface area contributed by atoms with Crippen molar-refractivity contribution in [1.29, 1.82) is 0 Å². The number of hydrogen-bond acceptors (Lipinski definition) is 3. The summed E-state index contributed by atoms with van der Waals surface area (Å²) in [6.07, 6.45) is 1.93. The summed E-state index contributed by atoms with van der Waals surface area (Å²) in [6, 6.07) is 6.71. The maximum atomic E-state index is 5.38. The third-order valence-corrected chi connectivity index (χ3v) is 4.22. The van der Waals surface area contributed by atoms with Gasteiger partial charge in [-0.25, -0.2) is 0 Å². The van der Waals surface area contributed by atoms with Crippen LogP contribution in [0.4, 0.5) is 0 Å². The third kappa shape index (κ3) is 5.21. The number of nitrogens with zero attached hydrogens (tertiary/aromatic N) is 2. The Balaban J connectivity index is 2.15. The summed E-state index contributed by atoms with van der Waals surface area (Å²) in [7, 11) is 2.11. The number of aryl methyl sites for hydroxylation is 2. The molecule has 0 bridgehead atoms. The number of ether oxygens (including phenoxy) is 1. The quantitative estimate of drug-likeness (QED) is 0.614. The van der Waals surface area contributed by atoms with Gasteiger partial charge in [-0.2, -0.15) is 0 Å². The Morgan fingerprint density at radius 3 is 2.74 bits per heavy atom. The van der Waals surface area contributed by atoms with Crippen LogP contribution < -0.4 is 0 Å². The van der Waals surface area contributed by atoms with E-state index in [9.17, 15) is 0 Å². The molecule has 0 aromatic heterocycles. The molecule has 0 amide bonds. The maximum absolute atomic E-state index is 5.38. The average Bonchev–Trinajstić information content (AvgIpc) is 2.54.